The van der Waals surface area contributed by atoms with Crippen LogP contribution in [-0.2, 0) is 4.79 Å². The molecule has 8 heteroatoms. The average molecular weight is 416 g/mol. The molecule has 7 nitrogen and oxygen atoms in total. The van der Waals surface area contributed by atoms with Crippen LogP contribution < -0.4 is 5.32 Å². The van der Waals surface area contributed by atoms with Crippen molar-refractivity contribution in [1.29, 1.82) is 5.26 Å². The van der Waals surface area contributed by atoms with Crippen molar-refractivity contribution >= 4 is 33.6 Å². The highest BCUT2D eigenvalue weighted by molar-refractivity contribution is 9.10. The number of benzene rings is 2. The lowest BCUT2D eigenvalue weighted by Crippen LogP contribution is -2.27. The van der Waals surface area contributed by atoms with Gasteiger partial charge >= 0.3 is 0 Å². The Morgan fingerprint density at radius 1 is 1.38 bits per heavy atom. The molecular weight excluding hydrogens is 402 g/mol. The summed E-state index contributed by atoms with van der Waals surface area (Å²) in [5, 5.41) is 32.9. The van der Waals surface area contributed by atoms with Gasteiger partial charge in [0.15, 0.2) is 0 Å². The van der Waals surface area contributed by atoms with Crippen LogP contribution in [0.5, 0.6) is 5.75 Å². The van der Waals surface area contributed by atoms with E-state index in [1.165, 1.54) is 0 Å². The number of phenolic OH excluding ortho intramolecular Hbond substituents is 1. The third kappa shape index (κ3) is 4.46. The van der Waals surface area contributed by atoms with E-state index in [0.29, 0.717) is 0 Å². The van der Waals surface area contributed by atoms with Gasteiger partial charge in [-0.2, -0.15) is 5.26 Å². The van der Waals surface area contributed by atoms with Gasteiger partial charge in [0, 0.05) is 17.7 Å². The van der Waals surface area contributed by atoms with Crippen LogP contribution in [0.3, 0.4) is 0 Å². The normalized spacial score (nSPS) is 12.1. The molecule has 0 aliphatic heterocycles. The van der Waals surface area contributed by atoms with E-state index in [1.54, 1.807) is 13.0 Å². The zero-order chi connectivity index (χ0) is 19.3. The first-order chi connectivity index (χ1) is 12.3. The van der Waals surface area contributed by atoms with Gasteiger partial charge in [0.25, 0.3) is 11.6 Å². The Balaban J connectivity index is 2.32. The summed E-state index contributed by atoms with van der Waals surface area (Å²) in [5.41, 5.74) is 0.288. The van der Waals surface area contributed by atoms with Crippen LogP contribution in [0.15, 0.2) is 52.5 Å². The molecule has 1 amide bonds. The largest absolute Gasteiger partial charge is 0.506 e. The third-order valence-electron chi connectivity index (χ3n) is 3.60. The summed E-state index contributed by atoms with van der Waals surface area (Å²) in [4.78, 5) is 22.7. The lowest BCUT2D eigenvalue weighted by molar-refractivity contribution is -0.385. The van der Waals surface area contributed by atoms with E-state index in [9.17, 15) is 25.3 Å². The fraction of sp³-hybridized carbons (Fsp3) is 0.111. The Morgan fingerprint density at radius 2 is 2.04 bits per heavy atom. The minimum atomic E-state index is -0.647. The van der Waals surface area contributed by atoms with E-state index >= 15 is 0 Å². The lowest BCUT2D eigenvalue weighted by Gasteiger charge is -2.13. The van der Waals surface area contributed by atoms with E-state index in [1.807, 2.05) is 30.3 Å². The summed E-state index contributed by atoms with van der Waals surface area (Å²) in [7, 11) is 0. The van der Waals surface area contributed by atoms with Crippen LogP contribution >= 0.6 is 15.9 Å². The molecule has 2 rings (SSSR count). The first-order valence-electron chi connectivity index (χ1n) is 7.48. The molecular formula is C18H14BrN3O4. The van der Waals surface area contributed by atoms with Crippen molar-refractivity contribution in [3.05, 3.63) is 73.8 Å². The van der Waals surface area contributed by atoms with Crippen molar-refractivity contribution in [3.8, 4) is 11.8 Å². The molecule has 0 aliphatic rings. The number of nitro benzene ring substituents is 1. The molecule has 0 aromatic heterocycles. The second kappa shape index (κ2) is 8.27. The summed E-state index contributed by atoms with van der Waals surface area (Å²) in [6.45, 7) is 1.77. The van der Waals surface area contributed by atoms with Crippen molar-refractivity contribution in [3.63, 3.8) is 0 Å². The zero-order valence-electron chi connectivity index (χ0n) is 13.6. The van der Waals surface area contributed by atoms with Crippen LogP contribution in [-0.4, -0.2) is 15.9 Å². The Kier molecular flexibility index (Phi) is 6.09. The van der Waals surface area contributed by atoms with Crippen LogP contribution in [0.25, 0.3) is 6.08 Å². The summed E-state index contributed by atoms with van der Waals surface area (Å²) in [6.07, 6.45) is 1.11. The number of non-ortho nitro benzene ring substituents is 1. The van der Waals surface area contributed by atoms with Crippen molar-refractivity contribution in [2.45, 2.75) is 13.0 Å². The van der Waals surface area contributed by atoms with E-state index in [4.69, 9.17) is 0 Å². The molecule has 0 spiro atoms. The molecule has 2 N–H and O–H groups in total. The Morgan fingerprint density at radius 3 is 2.62 bits per heavy atom. The van der Waals surface area contributed by atoms with Crippen LogP contribution in [0, 0.1) is 21.4 Å². The van der Waals surface area contributed by atoms with E-state index in [2.05, 4.69) is 21.2 Å². The second-order valence-corrected chi connectivity index (χ2v) is 6.25. The van der Waals surface area contributed by atoms with Gasteiger partial charge < -0.3 is 10.4 Å². The Bertz CT molecular complexity index is 920. The molecule has 2 aromatic rings. The standard InChI is InChI=1S/C18H14BrN3O4/c1-11(12-5-3-2-4-6-12)21-18(24)14(10-20)7-13-8-15(22(25)26)9-16(19)17(13)23/h2-9,11,23H,1H3,(H,21,24)/b14-7-/t11-/m0/s1. The molecule has 0 fully saturated rings. The molecule has 132 valence electrons. The molecule has 0 bridgehead atoms. The number of hydrogen-bond donors (Lipinski definition) is 2. The van der Waals surface area contributed by atoms with Gasteiger partial charge in [-0.15, -0.1) is 0 Å². The highest BCUT2D eigenvalue weighted by atomic mass is 79.9. The van der Waals surface area contributed by atoms with Gasteiger partial charge in [-0.05, 0) is 34.5 Å². The number of carbonyl (C=O) groups excluding carboxylic acids is 1. The Labute approximate surface area is 157 Å². The van der Waals surface area contributed by atoms with Crippen LogP contribution in [0.1, 0.15) is 24.1 Å². The molecule has 0 radical (unpaired) electrons. The summed E-state index contributed by atoms with van der Waals surface area (Å²) in [5.74, 6) is -0.946. The molecule has 0 heterocycles. The number of carbonyl (C=O) groups is 1. The van der Waals surface area contributed by atoms with E-state index < -0.39 is 10.8 Å². The number of nitrogens with zero attached hydrogens (tertiary/aromatic N) is 2. The van der Waals surface area contributed by atoms with Crippen molar-refractivity contribution in [2.75, 3.05) is 0 Å². The number of aromatic hydroxyl groups is 1. The quantitative estimate of drug-likeness (QED) is 0.333. The first kappa shape index (κ1) is 19.1. The molecule has 0 unspecified atom stereocenters. The first-order valence-corrected chi connectivity index (χ1v) is 8.27. The van der Waals surface area contributed by atoms with Gasteiger partial charge in [-0.3, -0.25) is 14.9 Å². The van der Waals surface area contributed by atoms with Crippen molar-refractivity contribution in [1.82, 2.24) is 5.32 Å². The molecule has 0 saturated carbocycles. The van der Waals surface area contributed by atoms with Crippen LogP contribution in [0.4, 0.5) is 5.69 Å². The van der Waals surface area contributed by atoms with Crippen molar-refractivity contribution < 1.29 is 14.8 Å². The van der Waals surface area contributed by atoms with Crippen molar-refractivity contribution in [2.24, 2.45) is 0 Å². The van der Waals surface area contributed by atoms with Gasteiger partial charge in [0.1, 0.15) is 17.4 Å². The number of halogens is 1. The fourth-order valence-electron chi connectivity index (χ4n) is 2.22. The fourth-order valence-corrected chi connectivity index (χ4v) is 2.69. The predicted octanol–water partition coefficient (Wildman–Crippen LogP) is 3.85. The van der Waals surface area contributed by atoms with Gasteiger partial charge in [0.2, 0.25) is 0 Å². The third-order valence-corrected chi connectivity index (χ3v) is 4.21. The van der Waals surface area contributed by atoms with Gasteiger partial charge in [-0.25, -0.2) is 0 Å². The number of hydrogen-bond acceptors (Lipinski definition) is 5. The number of nitro groups is 1. The number of phenols is 1. The van der Waals surface area contributed by atoms with E-state index in [-0.39, 0.29) is 33.1 Å². The highest BCUT2D eigenvalue weighted by Crippen LogP contribution is 2.33. The topological polar surface area (TPSA) is 116 Å². The summed E-state index contributed by atoms with van der Waals surface area (Å²) < 4.78 is 0.0910. The zero-order valence-corrected chi connectivity index (χ0v) is 15.2. The molecule has 0 aliphatic carbocycles. The maximum atomic E-state index is 12.3. The number of amides is 1. The highest BCUT2D eigenvalue weighted by Gasteiger charge is 2.17. The molecule has 26 heavy (non-hydrogen) atoms. The second-order valence-electron chi connectivity index (χ2n) is 5.40. The summed E-state index contributed by atoms with van der Waals surface area (Å²) >= 11 is 3.02. The number of nitrogens with one attached hydrogen (secondary N) is 1. The smallest absolute Gasteiger partial charge is 0.271 e. The van der Waals surface area contributed by atoms with Gasteiger partial charge in [0.05, 0.1) is 15.4 Å². The maximum Gasteiger partial charge on any atom is 0.271 e. The minimum absolute atomic E-state index is 0.00913. The van der Waals surface area contributed by atoms with E-state index in [0.717, 1.165) is 23.8 Å². The lowest BCUT2D eigenvalue weighted by atomic mass is 10.1. The number of rotatable bonds is 5. The molecule has 0 saturated heterocycles. The minimum Gasteiger partial charge on any atom is -0.506 e. The Hall–Kier alpha value is -3.18. The molecule has 1 atom stereocenters. The summed E-state index contributed by atoms with van der Waals surface area (Å²) in [6, 6.07) is 12.8. The van der Waals surface area contributed by atoms with Crippen LogP contribution in [0.2, 0.25) is 0 Å². The predicted molar refractivity (Wildman–Crippen MR) is 99.1 cm³/mol. The SMILES string of the molecule is C[C@H](NC(=O)/C(C#N)=C\c1cc([N+](=O)[O-])cc(Br)c1O)c1ccccc1. The molecule has 2 aromatic carbocycles. The average Bonchev–Trinajstić information content (AvgIpc) is 2.63. The monoisotopic (exact) mass is 415 g/mol. The number of nitriles is 1. The maximum absolute atomic E-state index is 12.3. The van der Waals surface area contributed by atoms with Gasteiger partial charge in [-0.1, -0.05) is 30.3 Å².